The summed E-state index contributed by atoms with van der Waals surface area (Å²) in [5, 5.41) is 3.52. The van der Waals surface area contributed by atoms with Gasteiger partial charge in [0.05, 0.1) is 0 Å². The predicted octanol–water partition coefficient (Wildman–Crippen LogP) is 3.88. The maximum atomic E-state index is 14.5. The molecular weight excluding hydrogens is 270 g/mol. The van der Waals surface area contributed by atoms with Gasteiger partial charge in [0, 0.05) is 25.2 Å². The van der Waals surface area contributed by atoms with Crippen LogP contribution in [0.1, 0.15) is 39.2 Å². The molecule has 2 unspecified atom stereocenters. The minimum absolute atomic E-state index is 0.115. The lowest BCUT2D eigenvalue weighted by molar-refractivity contribution is 0.322. The number of benzene rings is 1. The lowest BCUT2D eigenvalue weighted by Gasteiger charge is -2.44. The predicted molar refractivity (Wildman–Crippen MR) is 83.8 cm³/mol. The summed E-state index contributed by atoms with van der Waals surface area (Å²) in [6.07, 6.45) is 2.09. The molecule has 1 N–H and O–H groups in total. The third kappa shape index (κ3) is 3.37. The maximum Gasteiger partial charge on any atom is 0.152 e. The van der Waals surface area contributed by atoms with Crippen LogP contribution in [0.15, 0.2) is 12.1 Å². The molecule has 2 nitrogen and oxygen atoms in total. The van der Waals surface area contributed by atoms with E-state index in [0.29, 0.717) is 24.1 Å². The van der Waals surface area contributed by atoms with E-state index in [1.165, 1.54) is 12.1 Å². The van der Waals surface area contributed by atoms with Crippen LogP contribution < -0.4 is 10.2 Å². The quantitative estimate of drug-likeness (QED) is 0.907. The summed E-state index contributed by atoms with van der Waals surface area (Å²) < 4.78 is 28.8. The number of hydrogen-bond donors (Lipinski definition) is 1. The van der Waals surface area contributed by atoms with Crippen molar-refractivity contribution in [3.8, 4) is 0 Å². The van der Waals surface area contributed by atoms with Crippen LogP contribution in [0.25, 0.3) is 0 Å². The largest absolute Gasteiger partial charge is 0.361 e. The van der Waals surface area contributed by atoms with Gasteiger partial charge < -0.3 is 10.2 Å². The van der Waals surface area contributed by atoms with E-state index in [1.54, 1.807) is 6.92 Å². The van der Waals surface area contributed by atoms with Crippen LogP contribution in [0.4, 0.5) is 14.5 Å². The highest BCUT2D eigenvalue weighted by Gasteiger charge is 2.33. The molecule has 2 atom stereocenters. The van der Waals surface area contributed by atoms with Crippen molar-refractivity contribution in [1.29, 1.82) is 0 Å². The second-order valence-electron chi connectivity index (χ2n) is 6.38. The molecule has 1 fully saturated rings. The van der Waals surface area contributed by atoms with Crippen molar-refractivity contribution in [3.05, 3.63) is 29.3 Å². The summed E-state index contributed by atoms with van der Waals surface area (Å²) >= 11 is 0. The third-order valence-electron chi connectivity index (χ3n) is 4.39. The molecule has 1 aliphatic heterocycles. The Balaban J connectivity index is 2.38. The van der Waals surface area contributed by atoms with Crippen LogP contribution in [0.5, 0.6) is 0 Å². The van der Waals surface area contributed by atoms with Crippen LogP contribution in [-0.4, -0.2) is 25.2 Å². The Labute approximate surface area is 126 Å². The normalized spacial score (nSPS) is 22.9. The molecule has 0 bridgehead atoms. The average Bonchev–Trinajstić information content (AvgIpc) is 2.44. The van der Waals surface area contributed by atoms with Gasteiger partial charge >= 0.3 is 0 Å². The van der Waals surface area contributed by atoms with Crippen LogP contribution in [0.3, 0.4) is 0 Å². The zero-order valence-electron chi connectivity index (χ0n) is 13.4. The van der Waals surface area contributed by atoms with Gasteiger partial charge in [0.2, 0.25) is 0 Å². The zero-order valence-corrected chi connectivity index (χ0v) is 13.4. The highest BCUT2D eigenvalue weighted by Crippen LogP contribution is 2.31. The van der Waals surface area contributed by atoms with Crippen molar-refractivity contribution in [1.82, 2.24) is 5.32 Å². The van der Waals surface area contributed by atoms with Gasteiger partial charge in [0.25, 0.3) is 0 Å². The number of piperazine rings is 1. The SMILES string of the molecule is CCCC1CN(c2c(F)ccc(C)c2F)C(C(C)C)CN1. The van der Waals surface area contributed by atoms with Gasteiger partial charge in [0.1, 0.15) is 11.5 Å². The highest BCUT2D eigenvalue weighted by atomic mass is 19.1. The van der Waals surface area contributed by atoms with Crippen LogP contribution in [-0.2, 0) is 0 Å². The molecule has 1 aromatic carbocycles. The Morgan fingerprint density at radius 3 is 2.67 bits per heavy atom. The van der Waals surface area contributed by atoms with Gasteiger partial charge in [-0.2, -0.15) is 0 Å². The molecule has 1 aliphatic rings. The van der Waals surface area contributed by atoms with Crippen molar-refractivity contribution in [2.75, 3.05) is 18.0 Å². The average molecular weight is 296 g/mol. The Morgan fingerprint density at radius 1 is 1.33 bits per heavy atom. The van der Waals surface area contributed by atoms with E-state index in [9.17, 15) is 8.78 Å². The van der Waals surface area contributed by atoms with Gasteiger partial charge in [-0.3, -0.25) is 0 Å². The lowest BCUT2D eigenvalue weighted by Crippen LogP contribution is -2.58. The van der Waals surface area contributed by atoms with Gasteiger partial charge in [-0.05, 0) is 30.9 Å². The minimum Gasteiger partial charge on any atom is -0.361 e. The summed E-state index contributed by atoms with van der Waals surface area (Å²) in [5.41, 5.74) is 0.649. The summed E-state index contributed by atoms with van der Waals surface area (Å²) in [5.74, 6) is -0.543. The monoisotopic (exact) mass is 296 g/mol. The summed E-state index contributed by atoms with van der Waals surface area (Å²) in [6, 6.07) is 3.29. The van der Waals surface area contributed by atoms with E-state index in [-0.39, 0.29) is 11.7 Å². The van der Waals surface area contributed by atoms with Crippen LogP contribution >= 0.6 is 0 Å². The van der Waals surface area contributed by atoms with Crippen molar-refractivity contribution >= 4 is 5.69 Å². The van der Waals surface area contributed by atoms with Crippen molar-refractivity contribution < 1.29 is 8.78 Å². The first kappa shape index (κ1) is 16.2. The molecule has 0 saturated carbocycles. The minimum atomic E-state index is -0.458. The van der Waals surface area contributed by atoms with E-state index in [4.69, 9.17) is 0 Å². The van der Waals surface area contributed by atoms with E-state index < -0.39 is 11.6 Å². The van der Waals surface area contributed by atoms with Gasteiger partial charge in [-0.1, -0.05) is 33.3 Å². The van der Waals surface area contributed by atoms with Gasteiger partial charge in [-0.25, -0.2) is 8.78 Å². The molecule has 1 aromatic rings. The van der Waals surface area contributed by atoms with E-state index >= 15 is 0 Å². The molecule has 21 heavy (non-hydrogen) atoms. The molecule has 2 rings (SSSR count). The number of aryl methyl sites for hydroxylation is 1. The van der Waals surface area contributed by atoms with E-state index in [2.05, 4.69) is 26.1 Å². The third-order valence-corrected chi connectivity index (χ3v) is 4.39. The van der Waals surface area contributed by atoms with Gasteiger partial charge in [0.15, 0.2) is 5.82 Å². The topological polar surface area (TPSA) is 15.3 Å². The molecule has 0 amide bonds. The fourth-order valence-corrected chi connectivity index (χ4v) is 3.13. The number of halogens is 2. The van der Waals surface area contributed by atoms with Crippen molar-refractivity contribution in [2.45, 2.75) is 52.6 Å². The molecule has 0 spiro atoms. The Morgan fingerprint density at radius 2 is 2.05 bits per heavy atom. The standard InChI is InChI=1S/C17H26F2N2/c1-5-6-13-10-21(15(9-20-13)11(2)3)17-14(18)8-7-12(4)16(17)19/h7-8,11,13,15,20H,5-6,9-10H2,1-4H3. The molecule has 4 heteroatoms. The second-order valence-corrected chi connectivity index (χ2v) is 6.38. The first-order chi connectivity index (χ1) is 9.95. The molecule has 1 saturated heterocycles. The summed E-state index contributed by atoms with van der Waals surface area (Å²) in [6.45, 7) is 9.46. The maximum absolute atomic E-state index is 14.5. The van der Waals surface area contributed by atoms with Crippen molar-refractivity contribution in [3.63, 3.8) is 0 Å². The fourth-order valence-electron chi connectivity index (χ4n) is 3.13. The first-order valence-corrected chi connectivity index (χ1v) is 7.90. The fraction of sp³-hybridized carbons (Fsp3) is 0.647. The lowest BCUT2D eigenvalue weighted by atomic mass is 9.95. The highest BCUT2D eigenvalue weighted by molar-refractivity contribution is 5.53. The smallest absolute Gasteiger partial charge is 0.152 e. The molecule has 1 heterocycles. The van der Waals surface area contributed by atoms with Gasteiger partial charge in [-0.15, -0.1) is 0 Å². The first-order valence-electron chi connectivity index (χ1n) is 7.90. The van der Waals surface area contributed by atoms with Crippen LogP contribution in [0, 0.1) is 24.5 Å². The summed E-state index contributed by atoms with van der Waals surface area (Å²) in [7, 11) is 0. The molecule has 0 aromatic heterocycles. The Hall–Kier alpha value is -1.16. The molecule has 0 aliphatic carbocycles. The van der Waals surface area contributed by atoms with Crippen LogP contribution in [0.2, 0.25) is 0 Å². The molecular formula is C17H26F2N2. The zero-order chi connectivity index (χ0) is 15.6. The van der Waals surface area contributed by atoms with E-state index in [1.807, 2.05) is 4.90 Å². The number of anilines is 1. The second kappa shape index (κ2) is 6.73. The Bertz CT molecular complexity index is 488. The molecule has 0 radical (unpaired) electrons. The van der Waals surface area contributed by atoms with E-state index in [0.717, 1.165) is 19.4 Å². The summed E-state index contributed by atoms with van der Waals surface area (Å²) in [4.78, 5) is 1.94. The number of hydrogen-bond acceptors (Lipinski definition) is 2. The Kier molecular flexibility index (Phi) is 5.20. The number of nitrogens with one attached hydrogen (secondary N) is 1. The number of nitrogens with zero attached hydrogens (tertiary/aromatic N) is 1. The molecule has 118 valence electrons. The van der Waals surface area contributed by atoms with Crippen molar-refractivity contribution in [2.24, 2.45) is 5.92 Å². The number of rotatable bonds is 4.